The SMILES string of the molecule is CC(C)c1ccc(OCCCCCCNC(=O)OC(C)(C)C)cc1Cl. The van der Waals surface area contributed by atoms with Crippen LogP contribution < -0.4 is 10.1 Å². The van der Waals surface area contributed by atoms with E-state index in [-0.39, 0.29) is 6.09 Å². The Morgan fingerprint density at radius 3 is 2.44 bits per heavy atom. The minimum Gasteiger partial charge on any atom is -0.494 e. The van der Waals surface area contributed by atoms with E-state index < -0.39 is 5.60 Å². The molecule has 0 saturated carbocycles. The van der Waals surface area contributed by atoms with Crippen molar-refractivity contribution in [2.45, 2.75) is 71.8 Å². The Labute approximate surface area is 157 Å². The molecule has 0 saturated heterocycles. The van der Waals surface area contributed by atoms with E-state index in [0.717, 1.165) is 42.0 Å². The first-order chi connectivity index (χ1) is 11.7. The molecule has 0 aromatic heterocycles. The Hall–Kier alpha value is -1.42. The number of hydrogen-bond acceptors (Lipinski definition) is 3. The maximum Gasteiger partial charge on any atom is 0.407 e. The first kappa shape index (κ1) is 21.6. The normalized spacial score (nSPS) is 11.5. The summed E-state index contributed by atoms with van der Waals surface area (Å²) in [5.74, 6) is 1.23. The Kier molecular flexibility index (Phi) is 9.12. The van der Waals surface area contributed by atoms with Crippen molar-refractivity contribution in [3.8, 4) is 5.75 Å². The summed E-state index contributed by atoms with van der Waals surface area (Å²) in [6.45, 7) is 11.1. The van der Waals surface area contributed by atoms with Crippen LogP contribution in [-0.4, -0.2) is 24.8 Å². The summed E-state index contributed by atoms with van der Waals surface area (Å²) >= 11 is 6.26. The van der Waals surface area contributed by atoms with Gasteiger partial charge in [-0.25, -0.2) is 4.79 Å². The fourth-order valence-corrected chi connectivity index (χ4v) is 2.73. The van der Waals surface area contributed by atoms with Crippen molar-refractivity contribution in [2.24, 2.45) is 0 Å². The van der Waals surface area contributed by atoms with Crippen molar-refractivity contribution in [1.29, 1.82) is 0 Å². The van der Waals surface area contributed by atoms with Crippen LogP contribution in [0.25, 0.3) is 0 Å². The quantitative estimate of drug-likeness (QED) is 0.549. The summed E-state index contributed by atoms with van der Waals surface area (Å²) in [6, 6.07) is 5.90. The zero-order chi connectivity index (χ0) is 18.9. The zero-order valence-corrected chi connectivity index (χ0v) is 16.9. The number of rotatable bonds is 9. The van der Waals surface area contributed by atoms with Crippen LogP contribution in [0, 0.1) is 0 Å². The molecule has 0 atom stereocenters. The number of carbonyl (C=O) groups is 1. The molecule has 0 aliphatic heterocycles. The lowest BCUT2D eigenvalue weighted by Gasteiger charge is -2.19. The summed E-state index contributed by atoms with van der Waals surface area (Å²) in [5.41, 5.74) is 0.698. The number of alkyl carbamates (subject to hydrolysis) is 1. The Balaban J connectivity index is 2.09. The average molecular weight is 370 g/mol. The molecule has 142 valence electrons. The fourth-order valence-electron chi connectivity index (χ4n) is 2.34. The molecule has 25 heavy (non-hydrogen) atoms. The summed E-state index contributed by atoms with van der Waals surface area (Å²) in [6.07, 6.45) is 3.68. The van der Waals surface area contributed by atoms with E-state index in [9.17, 15) is 4.79 Å². The first-order valence-corrected chi connectivity index (χ1v) is 9.46. The number of ether oxygens (including phenoxy) is 2. The van der Waals surface area contributed by atoms with Crippen LogP contribution in [0.3, 0.4) is 0 Å². The van der Waals surface area contributed by atoms with Gasteiger partial charge in [-0.1, -0.05) is 44.4 Å². The van der Waals surface area contributed by atoms with Gasteiger partial charge < -0.3 is 14.8 Å². The predicted octanol–water partition coefficient (Wildman–Crippen LogP) is 5.93. The van der Waals surface area contributed by atoms with Crippen LogP contribution in [0.2, 0.25) is 5.02 Å². The standard InChI is InChI=1S/C20H32ClNO3/c1-15(2)17-11-10-16(14-18(17)21)24-13-9-7-6-8-12-22-19(23)25-20(3,4)5/h10-11,14-15H,6-9,12-13H2,1-5H3,(H,22,23). The highest BCUT2D eigenvalue weighted by Crippen LogP contribution is 2.28. The van der Waals surface area contributed by atoms with Gasteiger partial charge in [0.05, 0.1) is 6.61 Å². The molecule has 0 bridgehead atoms. The lowest BCUT2D eigenvalue weighted by atomic mass is 10.0. The lowest BCUT2D eigenvalue weighted by molar-refractivity contribution is 0.0527. The molecule has 1 amide bonds. The van der Waals surface area contributed by atoms with Gasteiger partial charge in [0.2, 0.25) is 0 Å². The molecule has 0 spiro atoms. The fraction of sp³-hybridized carbons (Fsp3) is 0.650. The Morgan fingerprint density at radius 1 is 1.16 bits per heavy atom. The molecule has 5 heteroatoms. The Morgan fingerprint density at radius 2 is 1.84 bits per heavy atom. The molecule has 1 rings (SSSR count). The zero-order valence-electron chi connectivity index (χ0n) is 16.2. The van der Waals surface area contributed by atoms with Gasteiger partial charge >= 0.3 is 6.09 Å². The number of hydrogen-bond donors (Lipinski definition) is 1. The molecular formula is C20H32ClNO3. The third kappa shape index (κ3) is 9.59. The number of unbranched alkanes of at least 4 members (excludes halogenated alkanes) is 3. The number of amides is 1. The van der Waals surface area contributed by atoms with Gasteiger partial charge in [0.15, 0.2) is 0 Å². The number of benzene rings is 1. The van der Waals surface area contributed by atoms with E-state index in [1.54, 1.807) is 0 Å². The van der Waals surface area contributed by atoms with Gasteiger partial charge in [0.1, 0.15) is 11.4 Å². The van der Waals surface area contributed by atoms with Gasteiger partial charge in [-0.05, 0) is 57.2 Å². The van der Waals surface area contributed by atoms with Gasteiger partial charge in [-0.2, -0.15) is 0 Å². The molecule has 1 aromatic carbocycles. The third-order valence-electron chi connectivity index (χ3n) is 3.60. The first-order valence-electron chi connectivity index (χ1n) is 9.08. The Bertz CT molecular complexity index is 538. The molecule has 0 heterocycles. The molecule has 1 aromatic rings. The van der Waals surface area contributed by atoms with E-state index >= 15 is 0 Å². The second-order valence-corrected chi connectivity index (χ2v) is 7.94. The lowest BCUT2D eigenvalue weighted by Crippen LogP contribution is -2.32. The monoisotopic (exact) mass is 369 g/mol. The van der Waals surface area contributed by atoms with E-state index in [1.165, 1.54) is 0 Å². The van der Waals surface area contributed by atoms with Crippen LogP contribution in [-0.2, 0) is 4.74 Å². The molecule has 0 aliphatic rings. The predicted molar refractivity (Wildman–Crippen MR) is 104 cm³/mol. The highest BCUT2D eigenvalue weighted by atomic mass is 35.5. The van der Waals surface area contributed by atoms with Gasteiger partial charge in [0, 0.05) is 11.6 Å². The van der Waals surface area contributed by atoms with Crippen molar-refractivity contribution >= 4 is 17.7 Å². The molecule has 0 aliphatic carbocycles. The molecule has 1 N–H and O–H groups in total. The van der Waals surface area contributed by atoms with Crippen LogP contribution >= 0.6 is 11.6 Å². The minimum absolute atomic E-state index is 0.349. The van der Waals surface area contributed by atoms with Crippen LogP contribution in [0.1, 0.15) is 71.8 Å². The number of nitrogens with one attached hydrogen (secondary N) is 1. The highest BCUT2D eigenvalue weighted by Gasteiger charge is 2.15. The van der Waals surface area contributed by atoms with Crippen LogP contribution in [0.15, 0.2) is 18.2 Å². The van der Waals surface area contributed by atoms with Crippen molar-refractivity contribution in [1.82, 2.24) is 5.32 Å². The molecule has 0 unspecified atom stereocenters. The largest absolute Gasteiger partial charge is 0.494 e. The molecular weight excluding hydrogens is 338 g/mol. The van der Waals surface area contributed by atoms with E-state index in [0.29, 0.717) is 19.1 Å². The van der Waals surface area contributed by atoms with Crippen LogP contribution in [0.4, 0.5) is 4.79 Å². The summed E-state index contributed by atoms with van der Waals surface area (Å²) in [7, 11) is 0. The summed E-state index contributed by atoms with van der Waals surface area (Å²) in [5, 5.41) is 3.53. The van der Waals surface area contributed by atoms with Crippen LogP contribution in [0.5, 0.6) is 5.75 Å². The van der Waals surface area contributed by atoms with Crippen molar-refractivity contribution < 1.29 is 14.3 Å². The van der Waals surface area contributed by atoms with Crippen molar-refractivity contribution in [2.75, 3.05) is 13.2 Å². The van der Waals surface area contributed by atoms with E-state index in [1.807, 2.05) is 39.0 Å². The second kappa shape index (κ2) is 10.5. The van der Waals surface area contributed by atoms with Gasteiger partial charge in [-0.3, -0.25) is 0 Å². The van der Waals surface area contributed by atoms with Crippen molar-refractivity contribution in [3.05, 3.63) is 28.8 Å². The van der Waals surface area contributed by atoms with E-state index in [4.69, 9.17) is 21.1 Å². The van der Waals surface area contributed by atoms with Gasteiger partial charge in [0.25, 0.3) is 0 Å². The average Bonchev–Trinajstić information content (AvgIpc) is 2.47. The molecule has 0 fully saturated rings. The molecule has 0 radical (unpaired) electrons. The summed E-state index contributed by atoms with van der Waals surface area (Å²) < 4.78 is 10.9. The molecule has 4 nitrogen and oxygen atoms in total. The number of carbonyl (C=O) groups excluding carboxylic acids is 1. The van der Waals surface area contributed by atoms with Gasteiger partial charge in [-0.15, -0.1) is 0 Å². The maximum atomic E-state index is 11.5. The third-order valence-corrected chi connectivity index (χ3v) is 3.93. The minimum atomic E-state index is -0.447. The topological polar surface area (TPSA) is 47.6 Å². The smallest absolute Gasteiger partial charge is 0.407 e. The van der Waals surface area contributed by atoms with Crippen molar-refractivity contribution in [3.63, 3.8) is 0 Å². The summed E-state index contributed by atoms with van der Waals surface area (Å²) in [4.78, 5) is 11.5. The maximum absolute atomic E-state index is 11.5. The number of halogens is 1. The highest BCUT2D eigenvalue weighted by molar-refractivity contribution is 6.31. The second-order valence-electron chi connectivity index (χ2n) is 7.53. The van der Waals surface area contributed by atoms with E-state index in [2.05, 4.69) is 19.2 Å².